The number of nitrogens with two attached hydrogens (primary N) is 1. The molecule has 8 heteroatoms. The molecule has 1 unspecified atom stereocenters. The summed E-state index contributed by atoms with van der Waals surface area (Å²) in [6, 6.07) is 0. The molecule has 1 rings (SSSR count). The fourth-order valence-electron chi connectivity index (χ4n) is 1.10. The summed E-state index contributed by atoms with van der Waals surface area (Å²) in [5.41, 5.74) is 5.50. The van der Waals surface area contributed by atoms with Crippen LogP contribution in [0, 0.1) is 5.92 Å². The van der Waals surface area contributed by atoms with E-state index in [0.717, 1.165) is 17.8 Å². The highest BCUT2D eigenvalue weighted by atomic mass is 32.2. The second-order valence-corrected chi connectivity index (χ2v) is 6.39. The van der Waals surface area contributed by atoms with Gasteiger partial charge in [-0.25, -0.2) is 8.42 Å². The summed E-state index contributed by atoms with van der Waals surface area (Å²) in [7, 11) is -3.38. The number of rotatable bonds is 5. The minimum atomic E-state index is -3.38. The van der Waals surface area contributed by atoms with E-state index in [1.54, 1.807) is 0 Å². The highest BCUT2D eigenvalue weighted by Crippen LogP contribution is 2.31. The third-order valence-electron chi connectivity index (χ3n) is 1.97. The lowest BCUT2D eigenvalue weighted by Crippen LogP contribution is -2.15. The standard InChI is InChI=1S/C8H15N3O3S2/c1-5(4-12)3-10-8-6(16(2,13)14)7(9)11-15-8/h5,10,12H,3-4H2,1-2H3,(H2,9,11). The second-order valence-electron chi connectivity index (χ2n) is 3.67. The van der Waals surface area contributed by atoms with Crippen LogP contribution in [-0.4, -0.2) is 37.3 Å². The van der Waals surface area contributed by atoms with Crippen LogP contribution in [0.2, 0.25) is 0 Å². The lowest BCUT2D eigenvalue weighted by atomic mass is 10.2. The Morgan fingerprint density at radius 2 is 2.25 bits per heavy atom. The van der Waals surface area contributed by atoms with Crippen LogP contribution in [-0.2, 0) is 9.84 Å². The van der Waals surface area contributed by atoms with Crippen molar-refractivity contribution < 1.29 is 13.5 Å². The van der Waals surface area contributed by atoms with E-state index < -0.39 is 9.84 Å². The lowest BCUT2D eigenvalue weighted by Gasteiger charge is -2.09. The van der Waals surface area contributed by atoms with Crippen molar-refractivity contribution in [1.82, 2.24) is 4.37 Å². The number of nitrogen functional groups attached to an aromatic ring is 1. The zero-order valence-electron chi connectivity index (χ0n) is 9.10. The molecule has 1 heterocycles. The first-order valence-electron chi connectivity index (χ1n) is 4.66. The summed E-state index contributed by atoms with van der Waals surface area (Å²) in [5.74, 6) is 0.0578. The number of anilines is 2. The number of nitrogens with one attached hydrogen (secondary N) is 1. The quantitative estimate of drug-likeness (QED) is 0.701. The van der Waals surface area contributed by atoms with E-state index >= 15 is 0 Å². The second kappa shape index (κ2) is 4.98. The Hall–Kier alpha value is -0.860. The van der Waals surface area contributed by atoms with Gasteiger partial charge in [0, 0.05) is 19.4 Å². The van der Waals surface area contributed by atoms with Crippen LogP contribution < -0.4 is 11.1 Å². The molecule has 6 nitrogen and oxygen atoms in total. The zero-order valence-corrected chi connectivity index (χ0v) is 10.7. The van der Waals surface area contributed by atoms with Crippen LogP contribution in [0.4, 0.5) is 10.8 Å². The van der Waals surface area contributed by atoms with E-state index in [-0.39, 0.29) is 23.2 Å². The lowest BCUT2D eigenvalue weighted by molar-refractivity contribution is 0.244. The maximum atomic E-state index is 11.4. The van der Waals surface area contributed by atoms with Gasteiger partial charge in [-0.3, -0.25) is 0 Å². The largest absolute Gasteiger partial charge is 0.396 e. The van der Waals surface area contributed by atoms with Crippen molar-refractivity contribution in [2.75, 3.05) is 30.5 Å². The van der Waals surface area contributed by atoms with Crippen molar-refractivity contribution in [3.8, 4) is 0 Å². The molecule has 0 aliphatic carbocycles. The number of aromatic nitrogens is 1. The van der Waals surface area contributed by atoms with Crippen molar-refractivity contribution in [1.29, 1.82) is 0 Å². The van der Waals surface area contributed by atoms with Crippen molar-refractivity contribution in [2.24, 2.45) is 5.92 Å². The fourth-order valence-corrected chi connectivity index (χ4v) is 3.17. The van der Waals surface area contributed by atoms with E-state index in [0.29, 0.717) is 11.5 Å². The first-order valence-corrected chi connectivity index (χ1v) is 7.32. The van der Waals surface area contributed by atoms with E-state index in [4.69, 9.17) is 10.8 Å². The van der Waals surface area contributed by atoms with E-state index in [2.05, 4.69) is 9.69 Å². The smallest absolute Gasteiger partial charge is 0.182 e. The number of sulfone groups is 1. The Labute approximate surface area is 98.6 Å². The minimum Gasteiger partial charge on any atom is -0.396 e. The van der Waals surface area contributed by atoms with Crippen LogP contribution in [0.5, 0.6) is 0 Å². The fraction of sp³-hybridized carbons (Fsp3) is 0.625. The predicted molar refractivity (Wildman–Crippen MR) is 64.4 cm³/mol. The molecule has 0 fully saturated rings. The minimum absolute atomic E-state index is 0.0200. The molecule has 0 bridgehead atoms. The number of aliphatic hydroxyl groups is 1. The van der Waals surface area contributed by atoms with Crippen LogP contribution in [0.15, 0.2) is 4.90 Å². The van der Waals surface area contributed by atoms with Gasteiger partial charge in [-0.05, 0) is 17.5 Å². The molecule has 1 atom stereocenters. The first kappa shape index (κ1) is 13.2. The molecule has 1 aromatic rings. The summed E-state index contributed by atoms with van der Waals surface area (Å²) < 4.78 is 26.7. The van der Waals surface area contributed by atoms with Gasteiger partial charge in [-0.1, -0.05) is 6.92 Å². The monoisotopic (exact) mass is 265 g/mol. The maximum Gasteiger partial charge on any atom is 0.182 e. The molecule has 0 radical (unpaired) electrons. The van der Waals surface area contributed by atoms with Gasteiger partial charge in [0.25, 0.3) is 0 Å². The maximum absolute atomic E-state index is 11.4. The summed E-state index contributed by atoms with van der Waals surface area (Å²) in [6.07, 6.45) is 1.09. The summed E-state index contributed by atoms with van der Waals surface area (Å²) >= 11 is 1.01. The third-order valence-corrected chi connectivity index (χ3v) is 4.07. The average molecular weight is 265 g/mol. The Morgan fingerprint density at radius 3 is 2.75 bits per heavy atom. The summed E-state index contributed by atoms with van der Waals surface area (Å²) in [4.78, 5) is 0.0441. The first-order chi connectivity index (χ1) is 7.36. The van der Waals surface area contributed by atoms with Gasteiger partial charge < -0.3 is 16.2 Å². The Bertz CT molecular complexity index is 455. The van der Waals surface area contributed by atoms with E-state index in [9.17, 15) is 8.42 Å². The van der Waals surface area contributed by atoms with Crippen LogP contribution in [0.25, 0.3) is 0 Å². The molecule has 0 aliphatic heterocycles. The number of nitrogens with zero attached hydrogens (tertiary/aromatic N) is 1. The molecule has 0 spiro atoms. The van der Waals surface area contributed by atoms with Gasteiger partial charge in [0.1, 0.15) is 9.90 Å². The van der Waals surface area contributed by atoms with Gasteiger partial charge >= 0.3 is 0 Å². The zero-order chi connectivity index (χ0) is 12.3. The SMILES string of the molecule is CC(CO)CNc1snc(N)c1S(C)(=O)=O. The molecule has 1 aromatic heterocycles. The highest BCUT2D eigenvalue weighted by Gasteiger charge is 2.21. The summed E-state index contributed by atoms with van der Waals surface area (Å²) in [5, 5.41) is 12.2. The van der Waals surface area contributed by atoms with Gasteiger partial charge in [0.2, 0.25) is 0 Å². The number of aliphatic hydroxyl groups excluding tert-OH is 1. The summed E-state index contributed by atoms with van der Waals surface area (Å²) in [6.45, 7) is 2.35. The molecule has 4 N–H and O–H groups in total. The molecule has 92 valence electrons. The Morgan fingerprint density at radius 1 is 1.62 bits per heavy atom. The van der Waals surface area contributed by atoms with Gasteiger partial charge in [0.05, 0.1) is 0 Å². The molecule has 0 aromatic carbocycles. The van der Waals surface area contributed by atoms with Crippen molar-refractivity contribution >= 4 is 32.2 Å². The van der Waals surface area contributed by atoms with Crippen molar-refractivity contribution in [2.45, 2.75) is 11.8 Å². The van der Waals surface area contributed by atoms with Gasteiger partial charge in [-0.2, -0.15) is 4.37 Å². The van der Waals surface area contributed by atoms with Crippen LogP contribution in [0.3, 0.4) is 0 Å². The molecular formula is C8H15N3O3S2. The predicted octanol–water partition coefficient (Wildman–Crippen LogP) is 0.169. The van der Waals surface area contributed by atoms with Crippen LogP contribution >= 0.6 is 11.5 Å². The normalized spacial score (nSPS) is 13.7. The van der Waals surface area contributed by atoms with E-state index in [1.807, 2.05) is 6.92 Å². The van der Waals surface area contributed by atoms with Crippen molar-refractivity contribution in [3.05, 3.63) is 0 Å². The Kier molecular flexibility index (Phi) is 4.11. The van der Waals surface area contributed by atoms with Gasteiger partial charge in [0.15, 0.2) is 15.7 Å². The third kappa shape index (κ3) is 3.06. The molecule has 0 saturated carbocycles. The van der Waals surface area contributed by atoms with Gasteiger partial charge in [-0.15, -0.1) is 0 Å². The van der Waals surface area contributed by atoms with Crippen LogP contribution in [0.1, 0.15) is 6.92 Å². The molecule has 0 saturated heterocycles. The number of hydrogen-bond acceptors (Lipinski definition) is 7. The Balaban J connectivity index is 2.90. The molecular weight excluding hydrogens is 250 g/mol. The molecule has 0 amide bonds. The average Bonchev–Trinajstić information content (AvgIpc) is 2.55. The number of hydrogen-bond donors (Lipinski definition) is 3. The highest BCUT2D eigenvalue weighted by molar-refractivity contribution is 7.91. The topological polar surface area (TPSA) is 105 Å². The molecule has 16 heavy (non-hydrogen) atoms. The molecule has 0 aliphatic rings. The van der Waals surface area contributed by atoms with E-state index in [1.165, 1.54) is 0 Å². The van der Waals surface area contributed by atoms with Crippen molar-refractivity contribution in [3.63, 3.8) is 0 Å².